The fourth-order valence-electron chi connectivity index (χ4n) is 2.02. The molecule has 0 spiro atoms. The van der Waals surface area contributed by atoms with Gasteiger partial charge in [-0.05, 0) is 17.4 Å². The van der Waals surface area contributed by atoms with E-state index >= 15 is 0 Å². The van der Waals surface area contributed by atoms with E-state index in [9.17, 15) is 0 Å². The molecule has 15 heavy (non-hydrogen) atoms. The van der Waals surface area contributed by atoms with Crippen molar-refractivity contribution in [3.8, 4) is 0 Å². The molecule has 0 aromatic heterocycles. The standard InChI is InChI=1S/C13H24N2/c1-7-11-9-12(13(4,5)6)15(8-2)14-10(11)3/h9,12,14H,3,7-8H2,1-2,4-6H3. The van der Waals surface area contributed by atoms with Gasteiger partial charge in [0.25, 0.3) is 0 Å². The van der Waals surface area contributed by atoms with Gasteiger partial charge in [0.15, 0.2) is 0 Å². The molecule has 0 saturated heterocycles. The first-order chi connectivity index (χ1) is 6.90. The molecule has 0 bridgehead atoms. The van der Waals surface area contributed by atoms with E-state index < -0.39 is 0 Å². The highest BCUT2D eigenvalue weighted by Crippen LogP contribution is 2.30. The zero-order valence-electron chi connectivity index (χ0n) is 10.7. The van der Waals surface area contributed by atoms with Gasteiger partial charge in [-0.3, -0.25) is 0 Å². The maximum Gasteiger partial charge on any atom is 0.0525 e. The van der Waals surface area contributed by atoms with Gasteiger partial charge in [-0.15, -0.1) is 0 Å². The highest BCUT2D eigenvalue weighted by atomic mass is 15.5. The molecule has 0 aromatic rings. The molecule has 0 aromatic carbocycles. The van der Waals surface area contributed by atoms with Crippen molar-refractivity contribution < 1.29 is 0 Å². The van der Waals surface area contributed by atoms with E-state index in [0.717, 1.165) is 18.7 Å². The smallest absolute Gasteiger partial charge is 0.0525 e. The van der Waals surface area contributed by atoms with Gasteiger partial charge >= 0.3 is 0 Å². The van der Waals surface area contributed by atoms with Crippen molar-refractivity contribution >= 4 is 0 Å². The molecule has 0 aliphatic carbocycles. The predicted octanol–water partition coefficient (Wildman–Crippen LogP) is 3.09. The van der Waals surface area contributed by atoms with Crippen LogP contribution in [0.4, 0.5) is 0 Å². The largest absolute Gasteiger partial charge is 0.319 e. The SMILES string of the molecule is C=C1NN(CC)C(C(C)(C)C)C=C1CC. The van der Waals surface area contributed by atoms with Gasteiger partial charge in [0.1, 0.15) is 0 Å². The topological polar surface area (TPSA) is 15.3 Å². The number of hydrogen-bond donors (Lipinski definition) is 1. The fourth-order valence-corrected chi connectivity index (χ4v) is 2.02. The van der Waals surface area contributed by atoms with E-state index in [4.69, 9.17) is 0 Å². The average Bonchev–Trinajstić information content (AvgIpc) is 2.15. The van der Waals surface area contributed by atoms with Crippen LogP contribution in [-0.2, 0) is 0 Å². The van der Waals surface area contributed by atoms with Crippen LogP contribution in [0.5, 0.6) is 0 Å². The molecule has 0 saturated carbocycles. The Morgan fingerprint density at radius 2 is 2.00 bits per heavy atom. The van der Waals surface area contributed by atoms with Crippen molar-refractivity contribution in [1.82, 2.24) is 10.4 Å². The third kappa shape index (κ3) is 2.63. The number of hydrogen-bond acceptors (Lipinski definition) is 2. The molecule has 1 atom stereocenters. The van der Waals surface area contributed by atoms with E-state index in [-0.39, 0.29) is 5.41 Å². The van der Waals surface area contributed by atoms with Gasteiger partial charge in [-0.1, -0.05) is 47.3 Å². The quantitative estimate of drug-likeness (QED) is 0.750. The first-order valence-electron chi connectivity index (χ1n) is 5.83. The predicted molar refractivity (Wildman–Crippen MR) is 66.3 cm³/mol. The lowest BCUT2D eigenvalue weighted by molar-refractivity contribution is 0.0932. The number of nitrogens with one attached hydrogen (secondary N) is 1. The molecular weight excluding hydrogens is 184 g/mol. The fraction of sp³-hybridized carbons (Fsp3) is 0.692. The van der Waals surface area contributed by atoms with Gasteiger partial charge in [0.05, 0.1) is 6.04 Å². The van der Waals surface area contributed by atoms with Gasteiger partial charge < -0.3 is 5.43 Å². The summed E-state index contributed by atoms with van der Waals surface area (Å²) in [6.45, 7) is 16.2. The second-order valence-corrected chi connectivity index (χ2v) is 5.23. The lowest BCUT2D eigenvalue weighted by Gasteiger charge is -2.42. The summed E-state index contributed by atoms with van der Waals surface area (Å²) in [5, 5.41) is 2.27. The summed E-state index contributed by atoms with van der Waals surface area (Å²) in [5.41, 5.74) is 6.05. The minimum Gasteiger partial charge on any atom is -0.319 e. The number of hydrazine groups is 1. The Labute approximate surface area is 94.0 Å². The summed E-state index contributed by atoms with van der Waals surface area (Å²) in [7, 11) is 0. The first-order valence-corrected chi connectivity index (χ1v) is 5.83. The van der Waals surface area contributed by atoms with Crippen LogP contribution in [0, 0.1) is 5.41 Å². The average molecular weight is 208 g/mol. The van der Waals surface area contributed by atoms with E-state index in [0.29, 0.717) is 6.04 Å². The third-order valence-electron chi connectivity index (χ3n) is 2.97. The molecule has 1 rings (SSSR count). The van der Waals surface area contributed by atoms with Crippen molar-refractivity contribution in [1.29, 1.82) is 0 Å². The maximum absolute atomic E-state index is 4.06. The van der Waals surface area contributed by atoms with Gasteiger partial charge in [0.2, 0.25) is 0 Å². The van der Waals surface area contributed by atoms with Crippen molar-refractivity contribution in [3.05, 3.63) is 23.9 Å². The minimum atomic E-state index is 0.254. The van der Waals surface area contributed by atoms with Gasteiger partial charge in [-0.2, -0.15) is 0 Å². The third-order valence-corrected chi connectivity index (χ3v) is 2.97. The molecular formula is C13H24N2. The number of likely N-dealkylation sites (N-methyl/N-ethyl adjacent to an activating group) is 1. The lowest BCUT2D eigenvalue weighted by atomic mass is 9.83. The van der Waals surface area contributed by atoms with Crippen LogP contribution in [-0.4, -0.2) is 17.6 Å². The molecule has 1 aliphatic heterocycles. The second kappa shape index (κ2) is 4.40. The Hall–Kier alpha value is -0.760. The van der Waals surface area contributed by atoms with Crippen LogP contribution in [0.15, 0.2) is 23.9 Å². The molecule has 2 heteroatoms. The monoisotopic (exact) mass is 208 g/mol. The summed E-state index contributed by atoms with van der Waals surface area (Å²) in [6, 6.07) is 0.447. The molecule has 86 valence electrons. The van der Waals surface area contributed by atoms with E-state index in [1.54, 1.807) is 0 Å². The van der Waals surface area contributed by atoms with E-state index in [1.165, 1.54) is 5.57 Å². The molecule has 0 fully saturated rings. The van der Waals surface area contributed by atoms with Crippen LogP contribution >= 0.6 is 0 Å². The van der Waals surface area contributed by atoms with Crippen LogP contribution in [0.2, 0.25) is 0 Å². The Bertz CT molecular complexity index is 271. The summed E-state index contributed by atoms with van der Waals surface area (Å²) in [4.78, 5) is 0. The normalized spacial score (nSPS) is 23.7. The molecule has 2 nitrogen and oxygen atoms in total. The van der Waals surface area contributed by atoms with Crippen molar-refractivity contribution in [2.24, 2.45) is 5.41 Å². The Morgan fingerprint density at radius 1 is 1.40 bits per heavy atom. The van der Waals surface area contributed by atoms with Gasteiger partial charge in [0, 0.05) is 12.2 Å². The first kappa shape index (κ1) is 12.3. The number of nitrogens with zero attached hydrogens (tertiary/aromatic N) is 1. The van der Waals surface area contributed by atoms with E-state index in [2.05, 4.69) is 57.7 Å². The summed E-state index contributed by atoms with van der Waals surface area (Å²) in [5.74, 6) is 0. The molecule has 1 N–H and O–H groups in total. The van der Waals surface area contributed by atoms with E-state index in [1.807, 2.05) is 0 Å². The summed E-state index contributed by atoms with van der Waals surface area (Å²) >= 11 is 0. The van der Waals surface area contributed by atoms with Crippen LogP contribution in [0.25, 0.3) is 0 Å². The summed E-state index contributed by atoms with van der Waals surface area (Å²) in [6.07, 6.45) is 3.41. The van der Waals surface area contributed by atoms with Crippen molar-refractivity contribution in [2.75, 3.05) is 6.54 Å². The number of allylic oxidation sites excluding steroid dienone is 1. The summed E-state index contributed by atoms with van der Waals surface area (Å²) < 4.78 is 0. The van der Waals surface area contributed by atoms with Crippen LogP contribution in [0.3, 0.4) is 0 Å². The minimum absolute atomic E-state index is 0.254. The van der Waals surface area contributed by atoms with Crippen LogP contribution in [0.1, 0.15) is 41.0 Å². The zero-order chi connectivity index (χ0) is 11.6. The Morgan fingerprint density at radius 3 is 2.40 bits per heavy atom. The zero-order valence-corrected chi connectivity index (χ0v) is 10.7. The Balaban J connectivity index is 3.00. The molecule has 1 aliphatic rings. The highest BCUT2D eigenvalue weighted by molar-refractivity contribution is 5.31. The van der Waals surface area contributed by atoms with Gasteiger partial charge in [-0.25, -0.2) is 5.01 Å². The van der Waals surface area contributed by atoms with Crippen LogP contribution < -0.4 is 5.43 Å². The molecule has 0 radical (unpaired) electrons. The Kier molecular flexibility index (Phi) is 3.61. The molecule has 1 heterocycles. The molecule has 1 unspecified atom stereocenters. The number of rotatable bonds is 2. The highest BCUT2D eigenvalue weighted by Gasteiger charge is 2.31. The van der Waals surface area contributed by atoms with Crippen molar-refractivity contribution in [2.45, 2.75) is 47.1 Å². The second-order valence-electron chi connectivity index (χ2n) is 5.23. The van der Waals surface area contributed by atoms with Crippen molar-refractivity contribution in [3.63, 3.8) is 0 Å². The molecule has 0 amide bonds. The lowest BCUT2D eigenvalue weighted by Crippen LogP contribution is -2.52. The maximum atomic E-state index is 4.06.